The van der Waals surface area contributed by atoms with E-state index in [1.165, 1.54) is 6.26 Å². The van der Waals surface area contributed by atoms with Crippen LogP contribution in [-0.2, 0) is 9.47 Å². The third kappa shape index (κ3) is 2.02. The zero-order valence-corrected chi connectivity index (χ0v) is 16.0. The summed E-state index contributed by atoms with van der Waals surface area (Å²) in [6, 6.07) is 19.5. The van der Waals surface area contributed by atoms with Crippen molar-refractivity contribution in [2.45, 2.75) is 37.1 Å². The number of rotatable bonds is 2. The Bertz CT molecular complexity index is 1110. The first-order chi connectivity index (χ1) is 14.6. The van der Waals surface area contributed by atoms with E-state index in [2.05, 4.69) is 18.2 Å². The standard InChI is InChI=1S/C23H18N4O3/c24-12-21(13-25)19(17-7-4-10-28-17)29-23-9-8-16(15-5-2-1-3-6-15)11-18(23)22(21,14-26)20(27)30-23/h1-7,10,16,18-19,27H,8-9,11H2. The van der Waals surface area contributed by atoms with Gasteiger partial charge >= 0.3 is 0 Å². The van der Waals surface area contributed by atoms with Gasteiger partial charge in [-0.1, -0.05) is 30.3 Å². The van der Waals surface area contributed by atoms with Gasteiger partial charge in [-0.05, 0) is 36.5 Å². The molecule has 2 bridgehead atoms. The summed E-state index contributed by atoms with van der Waals surface area (Å²) in [7, 11) is 0. The van der Waals surface area contributed by atoms with E-state index in [1.807, 2.05) is 30.3 Å². The lowest BCUT2D eigenvalue weighted by atomic mass is 9.50. The summed E-state index contributed by atoms with van der Waals surface area (Å²) in [5.41, 5.74) is -2.60. The zero-order chi connectivity index (χ0) is 21.0. The van der Waals surface area contributed by atoms with Crippen LogP contribution in [0.2, 0.25) is 0 Å². The molecule has 1 saturated carbocycles. The smallest absolute Gasteiger partial charge is 0.217 e. The molecule has 0 radical (unpaired) electrons. The first kappa shape index (κ1) is 18.4. The highest BCUT2D eigenvalue weighted by atomic mass is 16.7. The van der Waals surface area contributed by atoms with Crippen LogP contribution in [0.4, 0.5) is 0 Å². The van der Waals surface area contributed by atoms with Crippen LogP contribution < -0.4 is 0 Å². The number of nitriles is 3. The first-order valence-corrected chi connectivity index (χ1v) is 9.85. The summed E-state index contributed by atoms with van der Waals surface area (Å²) in [5.74, 6) is -1.82. The second kappa shape index (κ2) is 6.20. The largest absolute Gasteiger partial charge is 0.466 e. The molecule has 7 heteroatoms. The van der Waals surface area contributed by atoms with E-state index in [0.29, 0.717) is 12.8 Å². The van der Waals surface area contributed by atoms with Gasteiger partial charge in [0.05, 0.1) is 30.4 Å². The van der Waals surface area contributed by atoms with Crippen LogP contribution in [0.3, 0.4) is 0 Å². The Morgan fingerprint density at radius 3 is 2.40 bits per heavy atom. The van der Waals surface area contributed by atoms with Gasteiger partial charge in [0.1, 0.15) is 5.76 Å². The molecular formula is C23H18N4O3. The van der Waals surface area contributed by atoms with Gasteiger partial charge in [-0.15, -0.1) is 0 Å². The summed E-state index contributed by atoms with van der Waals surface area (Å²) in [4.78, 5) is 0. The molecule has 0 spiro atoms. The molecule has 1 aliphatic carbocycles. The topological polar surface area (TPSA) is 127 Å². The maximum atomic E-state index is 10.4. The second-order valence-electron chi connectivity index (χ2n) is 8.14. The molecule has 3 fully saturated rings. The minimum absolute atomic E-state index is 0.116. The molecule has 2 aliphatic heterocycles. The molecule has 5 rings (SSSR count). The number of benzene rings is 1. The molecule has 5 atom stereocenters. The Balaban J connectivity index is 1.68. The molecule has 1 N–H and O–H groups in total. The predicted molar refractivity (Wildman–Crippen MR) is 102 cm³/mol. The summed E-state index contributed by atoms with van der Waals surface area (Å²) in [6.45, 7) is 0. The highest BCUT2D eigenvalue weighted by Crippen LogP contribution is 2.70. The van der Waals surface area contributed by atoms with Crippen molar-refractivity contribution >= 4 is 5.90 Å². The molecule has 7 nitrogen and oxygen atoms in total. The van der Waals surface area contributed by atoms with Gasteiger partial charge in [0.25, 0.3) is 0 Å². The van der Waals surface area contributed by atoms with E-state index in [0.717, 1.165) is 12.0 Å². The van der Waals surface area contributed by atoms with Gasteiger partial charge in [0.2, 0.25) is 17.1 Å². The van der Waals surface area contributed by atoms with Crippen molar-refractivity contribution in [1.82, 2.24) is 0 Å². The second-order valence-corrected chi connectivity index (χ2v) is 8.14. The molecule has 5 unspecified atom stereocenters. The highest BCUT2D eigenvalue weighted by Gasteiger charge is 2.81. The fraction of sp³-hybridized carbons (Fsp3) is 0.391. The van der Waals surface area contributed by atoms with Crippen molar-refractivity contribution in [3.8, 4) is 18.2 Å². The summed E-state index contributed by atoms with van der Waals surface area (Å²) >= 11 is 0. The van der Waals surface area contributed by atoms with Crippen LogP contribution in [0.1, 0.15) is 42.6 Å². The van der Waals surface area contributed by atoms with Crippen LogP contribution in [-0.4, -0.2) is 11.7 Å². The molecule has 1 aromatic carbocycles. The van der Waals surface area contributed by atoms with Gasteiger partial charge in [0.15, 0.2) is 11.5 Å². The normalized spacial score (nSPS) is 35.9. The predicted octanol–water partition coefficient (Wildman–Crippen LogP) is 4.18. The monoisotopic (exact) mass is 398 g/mol. The molecule has 3 aliphatic rings. The quantitative estimate of drug-likeness (QED) is 0.808. The van der Waals surface area contributed by atoms with Crippen LogP contribution in [0.15, 0.2) is 53.1 Å². The highest BCUT2D eigenvalue weighted by molar-refractivity contribution is 5.89. The van der Waals surface area contributed by atoms with E-state index in [1.54, 1.807) is 12.1 Å². The van der Waals surface area contributed by atoms with Crippen molar-refractivity contribution < 1.29 is 13.9 Å². The lowest BCUT2D eigenvalue weighted by Crippen LogP contribution is -2.60. The zero-order valence-electron chi connectivity index (χ0n) is 16.0. The minimum Gasteiger partial charge on any atom is -0.466 e. The molecule has 0 amide bonds. The Kier molecular flexibility index (Phi) is 3.81. The van der Waals surface area contributed by atoms with E-state index < -0.39 is 28.6 Å². The van der Waals surface area contributed by atoms with E-state index in [4.69, 9.17) is 19.3 Å². The van der Waals surface area contributed by atoms with Gasteiger partial charge in [-0.25, -0.2) is 0 Å². The van der Waals surface area contributed by atoms with Crippen molar-refractivity contribution in [3.05, 3.63) is 60.1 Å². The Morgan fingerprint density at radius 2 is 1.77 bits per heavy atom. The number of furan rings is 1. The maximum absolute atomic E-state index is 10.4. The Hall–Kier alpha value is -3.60. The average Bonchev–Trinajstić information content (AvgIpc) is 3.38. The number of nitrogens with one attached hydrogen (secondary N) is 1. The third-order valence-corrected chi connectivity index (χ3v) is 6.98. The van der Waals surface area contributed by atoms with E-state index in [-0.39, 0.29) is 17.6 Å². The lowest BCUT2D eigenvalue weighted by Gasteiger charge is -2.52. The average molecular weight is 398 g/mol. The van der Waals surface area contributed by atoms with E-state index >= 15 is 0 Å². The number of hydrogen-bond donors (Lipinski definition) is 1. The molecule has 2 saturated heterocycles. The number of hydrogen-bond acceptors (Lipinski definition) is 7. The molecular weight excluding hydrogens is 380 g/mol. The molecule has 3 heterocycles. The molecule has 148 valence electrons. The van der Waals surface area contributed by atoms with Crippen molar-refractivity contribution in [1.29, 1.82) is 21.2 Å². The Morgan fingerprint density at radius 1 is 1.00 bits per heavy atom. The van der Waals surface area contributed by atoms with Gasteiger partial charge in [-0.2, -0.15) is 15.8 Å². The number of nitrogens with zero attached hydrogens (tertiary/aromatic N) is 3. The first-order valence-electron chi connectivity index (χ1n) is 9.85. The van der Waals surface area contributed by atoms with Crippen LogP contribution in [0.5, 0.6) is 0 Å². The SMILES string of the molecule is N#CC1(C#N)C(c2ccco2)OC23CCC(c4ccccc4)CC2C1(C#N)C(=N)O3. The molecule has 2 aromatic rings. The fourth-order valence-electron chi connectivity index (χ4n) is 5.56. The van der Waals surface area contributed by atoms with Crippen molar-refractivity contribution in [3.63, 3.8) is 0 Å². The Labute approximate surface area is 173 Å². The summed E-state index contributed by atoms with van der Waals surface area (Å²) in [6.07, 6.45) is 1.98. The van der Waals surface area contributed by atoms with Crippen molar-refractivity contribution in [2.75, 3.05) is 0 Å². The summed E-state index contributed by atoms with van der Waals surface area (Å²) in [5, 5.41) is 39.4. The third-order valence-electron chi connectivity index (χ3n) is 6.98. The van der Waals surface area contributed by atoms with Gasteiger partial charge < -0.3 is 13.9 Å². The molecule has 1 aromatic heterocycles. The molecule has 30 heavy (non-hydrogen) atoms. The van der Waals surface area contributed by atoms with Gasteiger partial charge in [-0.3, -0.25) is 5.41 Å². The maximum Gasteiger partial charge on any atom is 0.217 e. The fourth-order valence-corrected chi connectivity index (χ4v) is 5.56. The summed E-state index contributed by atoms with van der Waals surface area (Å²) < 4.78 is 17.8. The minimum atomic E-state index is -1.97. The number of ether oxygens (including phenoxy) is 2. The lowest BCUT2D eigenvalue weighted by molar-refractivity contribution is -0.299. The van der Waals surface area contributed by atoms with Crippen LogP contribution in [0.25, 0.3) is 0 Å². The van der Waals surface area contributed by atoms with Gasteiger partial charge in [0, 0.05) is 6.42 Å². The van der Waals surface area contributed by atoms with Crippen LogP contribution in [0, 0.1) is 56.2 Å². The van der Waals surface area contributed by atoms with Crippen molar-refractivity contribution in [2.24, 2.45) is 16.7 Å². The van der Waals surface area contributed by atoms with E-state index in [9.17, 15) is 15.8 Å². The van der Waals surface area contributed by atoms with Crippen LogP contribution >= 0.6 is 0 Å².